The summed E-state index contributed by atoms with van der Waals surface area (Å²) in [6.45, 7) is 16.1. The molecular formula is C20H38IN5O. The van der Waals surface area contributed by atoms with Crippen LogP contribution in [0.15, 0.2) is 15.6 Å². The van der Waals surface area contributed by atoms with E-state index >= 15 is 0 Å². The van der Waals surface area contributed by atoms with E-state index in [4.69, 9.17) is 4.42 Å². The van der Waals surface area contributed by atoms with Crippen LogP contribution in [0.25, 0.3) is 0 Å². The zero-order valence-corrected chi connectivity index (χ0v) is 20.2. The quantitative estimate of drug-likeness (QED) is 0.362. The Morgan fingerprint density at radius 3 is 2.70 bits per heavy atom. The molecule has 1 aromatic heterocycles. The lowest BCUT2D eigenvalue weighted by molar-refractivity contribution is 0.159. The summed E-state index contributed by atoms with van der Waals surface area (Å²) in [6.07, 6.45) is 4.39. The molecule has 0 aliphatic carbocycles. The molecule has 0 radical (unpaired) electrons. The molecule has 2 heterocycles. The minimum Gasteiger partial charge on any atom is -0.443 e. The van der Waals surface area contributed by atoms with Crippen molar-refractivity contribution in [3.05, 3.63) is 17.8 Å². The smallest absolute Gasteiger partial charge is 0.213 e. The number of aliphatic imine (C=N–C) groups is 1. The van der Waals surface area contributed by atoms with Crippen LogP contribution < -0.4 is 10.6 Å². The van der Waals surface area contributed by atoms with Crippen LogP contribution in [0.4, 0.5) is 0 Å². The number of likely N-dealkylation sites (tertiary alicyclic amines) is 1. The average molecular weight is 491 g/mol. The molecule has 1 aliphatic rings. The minimum atomic E-state index is -0.0198. The molecule has 0 aromatic carbocycles. The first-order chi connectivity index (χ1) is 12.3. The second-order valence-electron chi connectivity index (χ2n) is 8.84. The third kappa shape index (κ3) is 8.37. The van der Waals surface area contributed by atoms with Crippen LogP contribution >= 0.6 is 24.0 Å². The summed E-state index contributed by atoms with van der Waals surface area (Å²) in [6, 6.07) is 0. The second-order valence-corrected chi connectivity index (χ2v) is 8.84. The molecule has 2 rings (SSSR count). The zero-order chi connectivity index (χ0) is 19.2. The SMILES string of the molecule is CN=C(NCc1ncc(C(C)(C)C)o1)NCC1CCCN(CC(C)C)C1.I. The van der Waals surface area contributed by atoms with Crippen LogP contribution in [-0.4, -0.2) is 49.1 Å². The fraction of sp³-hybridized carbons (Fsp3) is 0.800. The van der Waals surface area contributed by atoms with Gasteiger partial charge in [0.25, 0.3) is 0 Å². The Balaban J connectivity index is 0.00000364. The number of aromatic nitrogens is 1. The van der Waals surface area contributed by atoms with Gasteiger partial charge in [-0.15, -0.1) is 24.0 Å². The number of nitrogens with zero attached hydrogens (tertiary/aromatic N) is 3. The van der Waals surface area contributed by atoms with Crippen molar-refractivity contribution in [3.8, 4) is 0 Å². The third-order valence-corrected chi connectivity index (χ3v) is 4.71. The van der Waals surface area contributed by atoms with E-state index in [0.717, 1.165) is 24.2 Å². The number of nitrogens with one attached hydrogen (secondary N) is 2. The summed E-state index contributed by atoms with van der Waals surface area (Å²) in [7, 11) is 1.80. The van der Waals surface area contributed by atoms with E-state index in [2.05, 4.69) is 60.1 Å². The molecule has 7 heteroatoms. The van der Waals surface area contributed by atoms with Crippen LogP contribution in [0, 0.1) is 11.8 Å². The van der Waals surface area contributed by atoms with Gasteiger partial charge in [0.1, 0.15) is 5.76 Å². The Hall–Kier alpha value is -0.830. The van der Waals surface area contributed by atoms with Gasteiger partial charge in [-0.25, -0.2) is 4.98 Å². The highest BCUT2D eigenvalue weighted by Gasteiger charge is 2.21. The van der Waals surface area contributed by atoms with Crippen LogP contribution in [-0.2, 0) is 12.0 Å². The monoisotopic (exact) mass is 491 g/mol. The molecule has 1 fully saturated rings. The van der Waals surface area contributed by atoms with Gasteiger partial charge in [-0.05, 0) is 31.2 Å². The summed E-state index contributed by atoms with van der Waals surface area (Å²) >= 11 is 0. The Bertz CT molecular complexity index is 579. The highest BCUT2D eigenvalue weighted by Crippen LogP contribution is 2.22. The van der Waals surface area contributed by atoms with E-state index in [-0.39, 0.29) is 29.4 Å². The van der Waals surface area contributed by atoms with Gasteiger partial charge in [0, 0.05) is 32.1 Å². The van der Waals surface area contributed by atoms with Crippen LogP contribution in [0.1, 0.15) is 59.1 Å². The zero-order valence-electron chi connectivity index (χ0n) is 17.8. The lowest BCUT2D eigenvalue weighted by atomic mass is 9.94. The van der Waals surface area contributed by atoms with Crippen LogP contribution in [0.5, 0.6) is 0 Å². The second kappa shape index (κ2) is 11.2. The Morgan fingerprint density at radius 2 is 2.11 bits per heavy atom. The van der Waals surface area contributed by atoms with Gasteiger partial charge in [-0.1, -0.05) is 34.6 Å². The fourth-order valence-corrected chi connectivity index (χ4v) is 3.36. The molecule has 1 atom stereocenters. The number of hydrogen-bond acceptors (Lipinski definition) is 4. The van der Waals surface area contributed by atoms with Crippen LogP contribution in [0.2, 0.25) is 0 Å². The Kier molecular flexibility index (Phi) is 10.1. The molecule has 0 spiro atoms. The fourth-order valence-electron chi connectivity index (χ4n) is 3.36. The number of halogens is 1. The largest absolute Gasteiger partial charge is 0.443 e. The Morgan fingerprint density at radius 1 is 1.37 bits per heavy atom. The number of guanidine groups is 1. The number of hydrogen-bond donors (Lipinski definition) is 2. The van der Waals surface area contributed by atoms with Crippen molar-refractivity contribution in [1.82, 2.24) is 20.5 Å². The molecule has 27 heavy (non-hydrogen) atoms. The summed E-state index contributed by atoms with van der Waals surface area (Å²) in [5.41, 5.74) is -0.0198. The molecule has 0 amide bonds. The van der Waals surface area contributed by atoms with Gasteiger partial charge in [0.05, 0.1) is 12.7 Å². The topological polar surface area (TPSA) is 65.7 Å². The summed E-state index contributed by atoms with van der Waals surface area (Å²) in [5.74, 6) is 3.81. The van der Waals surface area contributed by atoms with Crippen molar-refractivity contribution in [2.75, 3.05) is 33.2 Å². The maximum Gasteiger partial charge on any atom is 0.213 e. The molecule has 6 nitrogen and oxygen atoms in total. The van der Waals surface area contributed by atoms with Crippen molar-refractivity contribution < 1.29 is 4.42 Å². The molecular weight excluding hydrogens is 453 g/mol. The predicted octanol–water partition coefficient (Wildman–Crippen LogP) is 3.62. The predicted molar refractivity (Wildman–Crippen MR) is 123 cm³/mol. The first kappa shape index (κ1) is 24.2. The van der Waals surface area contributed by atoms with E-state index < -0.39 is 0 Å². The van der Waals surface area contributed by atoms with Gasteiger partial charge >= 0.3 is 0 Å². The molecule has 156 valence electrons. The maximum absolute atomic E-state index is 5.83. The molecule has 1 unspecified atom stereocenters. The van der Waals surface area contributed by atoms with Gasteiger partial charge in [-0.3, -0.25) is 4.99 Å². The number of rotatable bonds is 6. The third-order valence-electron chi connectivity index (χ3n) is 4.71. The van der Waals surface area contributed by atoms with Gasteiger partial charge in [0.15, 0.2) is 5.96 Å². The molecule has 2 N–H and O–H groups in total. The first-order valence-electron chi connectivity index (χ1n) is 9.90. The van der Waals surface area contributed by atoms with Crippen LogP contribution in [0.3, 0.4) is 0 Å². The van der Waals surface area contributed by atoms with E-state index in [1.54, 1.807) is 7.05 Å². The average Bonchev–Trinajstić information content (AvgIpc) is 3.04. The first-order valence-corrected chi connectivity index (χ1v) is 9.90. The molecule has 1 saturated heterocycles. The number of oxazole rings is 1. The van der Waals surface area contributed by atoms with E-state index in [0.29, 0.717) is 18.4 Å². The molecule has 0 saturated carbocycles. The van der Waals surface area contributed by atoms with E-state index in [9.17, 15) is 0 Å². The summed E-state index contributed by atoms with van der Waals surface area (Å²) in [4.78, 5) is 11.3. The summed E-state index contributed by atoms with van der Waals surface area (Å²) < 4.78 is 5.83. The molecule has 1 aliphatic heterocycles. The van der Waals surface area contributed by atoms with Gasteiger partial charge in [-0.2, -0.15) is 0 Å². The highest BCUT2D eigenvalue weighted by molar-refractivity contribution is 14.0. The normalized spacial score (nSPS) is 19.1. The Labute approximate surface area is 182 Å². The molecule has 1 aromatic rings. The van der Waals surface area contributed by atoms with Crippen molar-refractivity contribution in [3.63, 3.8) is 0 Å². The van der Waals surface area contributed by atoms with Crippen molar-refractivity contribution in [2.24, 2.45) is 16.8 Å². The lowest BCUT2D eigenvalue weighted by Crippen LogP contribution is -2.45. The van der Waals surface area contributed by atoms with Crippen molar-refractivity contribution in [2.45, 2.75) is 59.4 Å². The van der Waals surface area contributed by atoms with Gasteiger partial charge in [0.2, 0.25) is 5.89 Å². The van der Waals surface area contributed by atoms with E-state index in [1.807, 2.05) is 6.20 Å². The molecule has 0 bridgehead atoms. The van der Waals surface area contributed by atoms with E-state index in [1.165, 1.54) is 32.5 Å². The minimum absolute atomic E-state index is 0. The number of piperidine rings is 1. The lowest BCUT2D eigenvalue weighted by Gasteiger charge is -2.34. The summed E-state index contributed by atoms with van der Waals surface area (Å²) in [5, 5.41) is 6.77. The highest BCUT2D eigenvalue weighted by atomic mass is 127. The van der Waals surface area contributed by atoms with Crippen molar-refractivity contribution >= 4 is 29.9 Å². The standard InChI is InChI=1S/C20H37N5O.HI/c1-15(2)13-25-9-7-8-16(14-25)10-23-19(21-6)24-12-18-22-11-17(26-18)20(3,4)5;/h11,15-16H,7-10,12-14H2,1-6H3,(H2,21,23,24);1H. The maximum atomic E-state index is 5.83. The van der Waals surface area contributed by atoms with Gasteiger partial charge < -0.3 is 20.0 Å². The van der Waals surface area contributed by atoms with Crippen molar-refractivity contribution in [1.29, 1.82) is 0 Å².